The number of halogens is 3. The molecule has 2 N–H and O–H groups in total. The number of carboxylic acid groups (broad SMARTS) is 1. The van der Waals surface area contributed by atoms with Gasteiger partial charge in [-0.15, -0.1) is 0 Å². The van der Waals surface area contributed by atoms with Crippen LogP contribution in [0.25, 0.3) is 0 Å². The zero-order chi connectivity index (χ0) is 15.6. The Kier molecular flexibility index (Phi) is 4.45. The molecule has 0 unspecified atom stereocenters. The molecular formula is C14H8Cl2FNO3. The van der Waals surface area contributed by atoms with Gasteiger partial charge in [-0.1, -0.05) is 23.2 Å². The molecule has 0 atom stereocenters. The summed E-state index contributed by atoms with van der Waals surface area (Å²) in [6, 6.07) is 7.37. The monoisotopic (exact) mass is 327 g/mol. The second-order valence-electron chi connectivity index (χ2n) is 4.11. The highest BCUT2D eigenvalue weighted by atomic mass is 35.5. The molecule has 21 heavy (non-hydrogen) atoms. The summed E-state index contributed by atoms with van der Waals surface area (Å²) in [7, 11) is 0. The van der Waals surface area contributed by atoms with Gasteiger partial charge in [0.05, 0.1) is 11.1 Å². The van der Waals surface area contributed by atoms with Crippen molar-refractivity contribution in [2.75, 3.05) is 5.32 Å². The van der Waals surface area contributed by atoms with Gasteiger partial charge >= 0.3 is 5.97 Å². The Morgan fingerprint density at radius 1 is 1.05 bits per heavy atom. The van der Waals surface area contributed by atoms with Crippen molar-refractivity contribution < 1.29 is 19.1 Å². The quantitative estimate of drug-likeness (QED) is 0.892. The summed E-state index contributed by atoms with van der Waals surface area (Å²) < 4.78 is 13.6. The minimum absolute atomic E-state index is 0.0932. The highest BCUT2D eigenvalue weighted by molar-refractivity contribution is 6.31. The van der Waals surface area contributed by atoms with E-state index in [1.54, 1.807) is 0 Å². The molecule has 0 radical (unpaired) electrons. The number of carbonyl (C=O) groups excluding carboxylic acids is 1. The van der Waals surface area contributed by atoms with Gasteiger partial charge in [-0.3, -0.25) is 4.79 Å². The first-order valence-electron chi connectivity index (χ1n) is 5.67. The molecule has 4 nitrogen and oxygen atoms in total. The van der Waals surface area contributed by atoms with Crippen LogP contribution in [0.2, 0.25) is 10.0 Å². The summed E-state index contributed by atoms with van der Waals surface area (Å²) in [6.07, 6.45) is 0. The van der Waals surface area contributed by atoms with Crippen molar-refractivity contribution in [3.05, 3.63) is 63.4 Å². The lowest BCUT2D eigenvalue weighted by atomic mass is 10.1. The van der Waals surface area contributed by atoms with E-state index in [1.165, 1.54) is 30.3 Å². The smallest absolute Gasteiger partial charge is 0.335 e. The summed E-state index contributed by atoms with van der Waals surface area (Å²) in [5.74, 6) is -2.69. The Hall–Kier alpha value is -2.11. The highest BCUT2D eigenvalue weighted by Gasteiger charge is 2.14. The first-order valence-corrected chi connectivity index (χ1v) is 6.42. The third kappa shape index (κ3) is 3.71. The SMILES string of the molecule is O=C(O)c1cc(Cl)cc(NC(=O)c2cc(Cl)ccc2F)c1. The standard InChI is InChI=1S/C14H8Cl2FNO3/c15-8-1-2-12(17)11(6-8)13(19)18-10-4-7(14(20)21)3-9(16)5-10/h1-6H,(H,18,19)(H,20,21). The number of rotatable bonds is 3. The number of nitrogens with one attached hydrogen (secondary N) is 1. The van der Waals surface area contributed by atoms with Crippen LogP contribution in [0.4, 0.5) is 10.1 Å². The molecule has 0 aliphatic rings. The summed E-state index contributed by atoms with van der Waals surface area (Å²) in [5, 5.41) is 11.6. The number of anilines is 1. The number of aromatic carboxylic acids is 1. The number of hydrogen-bond donors (Lipinski definition) is 2. The van der Waals surface area contributed by atoms with E-state index in [0.29, 0.717) is 0 Å². The fourth-order valence-electron chi connectivity index (χ4n) is 1.66. The lowest BCUT2D eigenvalue weighted by Gasteiger charge is -2.08. The van der Waals surface area contributed by atoms with Gasteiger partial charge in [0.1, 0.15) is 5.82 Å². The van der Waals surface area contributed by atoms with Crippen LogP contribution >= 0.6 is 23.2 Å². The first kappa shape index (κ1) is 15.3. The second-order valence-corrected chi connectivity index (χ2v) is 4.98. The van der Waals surface area contributed by atoms with E-state index in [9.17, 15) is 14.0 Å². The Bertz CT molecular complexity index is 734. The van der Waals surface area contributed by atoms with Gasteiger partial charge < -0.3 is 10.4 Å². The number of amides is 1. The maximum atomic E-state index is 13.6. The third-order valence-corrected chi connectivity index (χ3v) is 3.03. The molecule has 0 heterocycles. The van der Waals surface area contributed by atoms with Crippen molar-refractivity contribution in [2.24, 2.45) is 0 Å². The topological polar surface area (TPSA) is 66.4 Å². The van der Waals surface area contributed by atoms with E-state index in [2.05, 4.69) is 5.32 Å². The number of carboxylic acids is 1. The minimum Gasteiger partial charge on any atom is -0.478 e. The van der Waals surface area contributed by atoms with Gasteiger partial charge in [0.15, 0.2) is 0 Å². The van der Waals surface area contributed by atoms with Crippen LogP contribution in [0.3, 0.4) is 0 Å². The molecule has 0 spiro atoms. The van der Waals surface area contributed by atoms with Gasteiger partial charge in [0.2, 0.25) is 0 Å². The minimum atomic E-state index is -1.19. The van der Waals surface area contributed by atoms with E-state index in [4.69, 9.17) is 28.3 Å². The Labute approximate surface area is 129 Å². The fourth-order valence-corrected chi connectivity index (χ4v) is 2.06. The lowest BCUT2D eigenvalue weighted by molar-refractivity contribution is 0.0696. The van der Waals surface area contributed by atoms with Crippen molar-refractivity contribution in [1.82, 2.24) is 0 Å². The summed E-state index contributed by atoms with van der Waals surface area (Å²) >= 11 is 11.5. The maximum absolute atomic E-state index is 13.6. The first-order chi connectivity index (χ1) is 9.86. The van der Waals surface area contributed by atoms with Crippen LogP contribution in [-0.2, 0) is 0 Å². The van der Waals surface area contributed by atoms with E-state index < -0.39 is 17.7 Å². The number of benzene rings is 2. The van der Waals surface area contributed by atoms with E-state index in [1.807, 2.05) is 0 Å². The largest absolute Gasteiger partial charge is 0.478 e. The molecule has 7 heteroatoms. The average molecular weight is 328 g/mol. The Balaban J connectivity index is 2.31. The summed E-state index contributed by atoms with van der Waals surface area (Å²) in [5.41, 5.74) is -0.201. The lowest BCUT2D eigenvalue weighted by Crippen LogP contribution is -2.14. The van der Waals surface area contributed by atoms with Crippen LogP contribution in [0.1, 0.15) is 20.7 Å². The van der Waals surface area contributed by atoms with E-state index in [-0.39, 0.29) is 26.9 Å². The molecule has 2 rings (SSSR count). The molecule has 0 aromatic heterocycles. The van der Waals surface area contributed by atoms with Crippen LogP contribution < -0.4 is 5.32 Å². The van der Waals surface area contributed by atoms with Crippen LogP contribution in [0.15, 0.2) is 36.4 Å². The van der Waals surface area contributed by atoms with Crippen molar-refractivity contribution in [2.45, 2.75) is 0 Å². The van der Waals surface area contributed by atoms with E-state index >= 15 is 0 Å². The van der Waals surface area contributed by atoms with Crippen molar-refractivity contribution in [3.63, 3.8) is 0 Å². The summed E-state index contributed by atoms with van der Waals surface area (Å²) in [4.78, 5) is 22.9. The molecule has 2 aromatic rings. The van der Waals surface area contributed by atoms with Gasteiger partial charge in [0.25, 0.3) is 5.91 Å². The molecule has 0 aliphatic carbocycles. The van der Waals surface area contributed by atoms with Gasteiger partial charge in [0, 0.05) is 15.7 Å². The van der Waals surface area contributed by atoms with Crippen molar-refractivity contribution >= 4 is 40.8 Å². The molecule has 1 amide bonds. The second kappa shape index (κ2) is 6.11. The molecule has 108 valence electrons. The Morgan fingerprint density at radius 2 is 1.76 bits per heavy atom. The van der Waals surface area contributed by atoms with Gasteiger partial charge in [-0.2, -0.15) is 0 Å². The van der Waals surface area contributed by atoms with Crippen LogP contribution in [-0.4, -0.2) is 17.0 Å². The molecule has 0 bridgehead atoms. The number of hydrogen-bond acceptors (Lipinski definition) is 2. The molecular weight excluding hydrogens is 320 g/mol. The van der Waals surface area contributed by atoms with Crippen molar-refractivity contribution in [3.8, 4) is 0 Å². The Morgan fingerprint density at radius 3 is 2.43 bits per heavy atom. The molecule has 0 fully saturated rings. The van der Waals surface area contributed by atoms with Crippen LogP contribution in [0.5, 0.6) is 0 Å². The van der Waals surface area contributed by atoms with Gasteiger partial charge in [-0.25, -0.2) is 9.18 Å². The predicted octanol–water partition coefficient (Wildman–Crippen LogP) is 4.08. The highest BCUT2D eigenvalue weighted by Crippen LogP contribution is 2.21. The van der Waals surface area contributed by atoms with Crippen LogP contribution in [0, 0.1) is 5.82 Å². The third-order valence-electron chi connectivity index (χ3n) is 2.58. The van der Waals surface area contributed by atoms with Crippen molar-refractivity contribution in [1.29, 1.82) is 0 Å². The zero-order valence-electron chi connectivity index (χ0n) is 10.4. The summed E-state index contributed by atoms with van der Waals surface area (Å²) in [6.45, 7) is 0. The predicted molar refractivity (Wildman–Crippen MR) is 77.8 cm³/mol. The zero-order valence-corrected chi connectivity index (χ0v) is 11.9. The van der Waals surface area contributed by atoms with Gasteiger partial charge in [-0.05, 0) is 36.4 Å². The number of carbonyl (C=O) groups is 2. The van der Waals surface area contributed by atoms with E-state index in [0.717, 1.165) is 6.07 Å². The molecule has 0 saturated carbocycles. The molecule has 0 saturated heterocycles. The molecule has 2 aromatic carbocycles. The maximum Gasteiger partial charge on any atom is 0.335 e. The molecule has 0 aliphatic heterocycles. The average Bonchev–Trinajstić information content (AvgIpc) is 2.40. The fraction of sp³-hybridized carbons (Fsp3) is 0. The normalized spacial score (nSPS) is 10.2.